The highest BCUT2D eigenvalue weighted by atomic mass is 35.5. The summed E-state index contributed by atoms with van der Waals surface area (Å²) in [6.45, 7) is 2.85. The second-order valence-corrected chi connectivity index (χ2v) is 10.7. The number of fused-ring (bicyclic) bond motifs is 2. The van der Waals surface area contributed by atoms with Gasteiger partial charge < -0.3 is 14.4 Å². The molecule has 40 heavy (non-hydrogen) atoms. The Balaban J connectivity index is 1.33. The lowest BCUT2D eigenvalue weighted by molar-refractivity contribution is -0.139. The van der Waals surface area contributed by atoms with Gasteiger partial charge in [-0.25, -0.2) is 9.50 Å². The summed E-state index contributed by atoms with van der Waals surface area (Å²) in [7, 11) is 1.40. The number of morpholine rings is 1. The molecule has 0 unspecified atom stereocenters. The van der Waals surface area contributed by atoms with E-state index in [0.717, 1.165) is 70.0 Å². The first kappa shape index (κ1) is 25.0. The predicted octanol–water partition coefficient (Wildman–Crippen LogP) is 5.42. The van der Waals surface area contributed by atoms with Crippen LogP contribution in [0, 0.1) is 0 Å². The number of benzene rings is 2. The van der Waals surface area contributed by atoms with Crippen LogP contribution in [0.2, 0.25) is 5.15 Å². The third-order valence-electron chi connectivity index (χ3n) is 7.86. The van der Waals surface area contributed by atoms with E-state index < -0.39 is 0 Å². The molecule has 2 aromatic carbocycles. The largest absolute Gasteiger partial charge is 0.469 e. The normalized spacial score (nSPS) is 18.8. The molecule has 2 fully saturated rings. The monoisotopic (exact) mass is 553 g/mol. The summed E-state index contributed by atoms with van der Waals surface area (Å²) in [5, 5.41) is 6.28. The molecule has 0 N–H and O–H groups in total. The molecule has 9 heteroatoms. The molecular weight excluding hydrogens is 526 g/mol. The minimum absolute atomic E-state index is 0.205. The Labute approximate surface area is 236 Å². The van der Waals surface area contributed by atoms with Crippen molar-refractivity contribution in [3.63, 3.8) is 0 Å². The summed E-state index contributed by atoms with van der Waals surface area (Å²) in [4.78, 5) is 24.3. The molecule has 0 amide bonds. The van der Waals surface area contributed by atoms with E-state index in [0.29, 0.717) is 18.4 Å². The van der Waals surface area contributed by atoms with Gasteiger partial charge in [-0.15, -0.1) is 0 Å². The van der Waals surface area contributed by atoms with E-state index in [1.165, 1.54) is 7.11 Å². The quantitative estimate of drug-likeness (QED) is 0.260. The summed E-state index contributed by atoms with van der Waals surface area (Å²) >= 11 is 6.61. The Hall–Kier alpha value is -4.01. The Morgan fingerprint density at radius 3 is 2.62 bits per heavy atom. The van der Waals surface area contributed by atoms with Crippen LogP contribution < -0.4 is 4.90 Å². The van der Waals surface area contributed by atoms with Crippen molar-refractivity contribution in [2.45, 2.75) is 24.7 Å². The van der Waals surface area contributed by atoms with Gasteiger partial charge in [-0.1, -0.05) is 60.1 Å². The molecule has 2 atom stereocenters. The van der Waals surface area contributed by atoms with Gasteiger partial charge in [0.05, 0.1) is 49.3 Å². The Bertz CT molecular complexity index is 1730. The van der Waals surface area contributed by atoms with Gasteiger partial charge in [-0.05, 0) is 24.1 Å². The van der Waals surface area contributed by atoms with Crippen LogP contribution in [0.4, 0.5) is 5.69 Å². The fraction of sp³-hybridized carbons (Fsp3) is 0.290. The van der Waals surface area contributed by atoms with Gasteiger partial charge in [-0.3, -0.25) is 9.78 Å². The van der Waals surface area contributed by atoms with E-state index in [9.17, 15) is 4.79 Å². The van der Waals surface area contributed by atoms with Crippen LogP contribution >= 0.6 is 11.6 Å². The average molecular weight is 554 g/mol. The SMILES string of the molecule is COC(=O)Cc1ccc(-c2c([C@@H]3C[C@@H]3c3ccc4ccccc4n3)nc3c(N4CCOCC4)cc(Cl)nn23)cc1. The van der Waals surface area contributed by atoms with E-state index in [1.54, 1.807) is 0 Å². The van der Waals surface area contributed by atoms with Crippen LogP contribution in [-0.4, -0.2) is 59.0 Å². The lowest BCUT2D eigenvalue weighted by Gasteiger charge is -2.28. The van der Waals surface area contributed by atoms with Gasteiger partial charge in [0.15, 0.2) is 10.8 Å². The molecule has 5 aromatic rings. The summed E-state index contributed by atoms with van der Waals surface area (Å²) < 4.78 is 12.3. The molecule has 2 aliphatic rings. The number of rotatable bonds is 6. The molecule has 1 saturated carbocycles. The number of para-hydroxylation sites is 1. The highest BCUT2D eigenvalue weighted by molar-refractivity contribution is 6.29. The molecule has 202 valence electrons. The fourth-order valence-electron chi connectivity index (χ4n) is 5.69. The maximum Gasteiger partial charge on any atom is 0.309 e. The molecule has 4 heterocycles. The number of hydrogen-bond donors (Lipinski definition) is 0. The number of pyridine rings is 1. The molecule has 7 rings (SSSR count). The number of carbonyl (C=O) groups is 1. The van der Waals surface area contributed by atoms with Crippen LogP contribution in [0.3, 0.4) is 0 Å². The lowest BCUT2D eigenvalue weighted by atomic mass is 10.0. The minimum Gasteiger partial charge on any atom is -0.469 e. The van der Waals surface area contributed by atoms with Gasteiger partial charge in [-0.2, -0.15) is 5.10 Å². The number of anilines is 1. The topological polar surface area (TPSA) is 81.8 Å². The smallest absolute Gasteiger partial charge is 0.309 e. The summed E-state index contributed by atoms with van der Waals surface area (Å²) in [5.74, 6) is 0.209. The Morgan fingerprint density at radius 1 is 1.02 bits per heavy atom. The zero-order valence-corrected chi connectivity index (χ0v) is 22.8. The third kappa shape index (κ3) is 4.57. The van der Waals surface area contributed by atoms with E-state index in [-0.39, 0.29) is 24.2 Å². The number of aromatic nitrogens is 4. The van der Waals surface area contributed by atoms with Crippen LogP contribution in [0.15, 0.2) is 66.7 Å². The fourth-order valence-corrected chi connectivity index (χ4v) is 5.87. The van der Waals surface area contributed by atoms with Crippen molar-refractivity contribution in [1.29, 1.82) is 0 Å². The first-order valence-electron chi connectivity index (χ1n) is 13.5. The predicted molar refractivity (Wildman–Crippen MR) is 154 cm³/mol. The summed E-state index contributed by atoms with van der Waals surface area (Å²) in [6.07, 6.45) is 1.18. The minimum atomic E-state index is -0.268. The number of halogens is 1. The average Bonchev–Trinajstić information content (AvgIpc) is 3.71. The highest BCUT2D eigenvalue weighted by Crippen LogP contribution is 2.56. The summed E-state index contributed by atoms with van der Waals surface area (Å²) in [5.41, 5.74) is 7.59. The second-order valence-electron chi connectivity index (χ2n) is 10.4. The first-order valence-corrected chi connectivity index (χ1v) is 13.9. The molecule has 1 aliphatic carbocycles. The Kier molecular flexibility index (Phi) is 6.37. The van der Waals surface area contributed by atoms with Gasteiger partial charge in [0.25, 0.3) is 0 Å². The molecule has 0 spiro atoms. The van der Waals surface area contributed by atoms with Crippen molar-refractivity contribution >= 4 is 39.8 Å². The zero-order chi connectivity index (χ0) is 27.2. The molecule has 8 nitrogen and oxygen atoms in total. The number of carbonyl (C=O) groups excluding carboxylic acids is 1. The van der Waals surface area contributed by atoms with Crippen LogP contribution in [0.5, 0.6) is 0 Å². The standard InChI is InChI=1S/C31H28ClN5O3/c1-39-28(38)16-19-6-8-21(9-7-19)30-29(23-17-22(23)25-11-10-20-4-2-3-5-24(20)33-25)34-31-26(18-27(32)35-37(30)31)36-12-14-40-15-13-36/h2-11,18,22-23H,12-17H2,1H3/t22-,23+/m0/s1. The van der Waals surface area contributed by atoms with Crippen molar-refractivity contribution < 1.29 is 14.3 Å². The molecule has 1 saturated heterocycles. The van der Waals surface area contributed by atoms with Gasteiger partial charge in [0.1, 0.15) is 0 Å². The van der Waals surface area contributed by atoms with Gasteiger partial charge >= 0.3 is 5.97 Å². The molecule has 1 aliphatic heterocycles. The van der Waals surface area contributed by atoms with Crippen LogP contribution in [0.25, 0.3) is 27.8 Å². The second kappa shape index (κ2) is 10.2. The van der Waals surface area contributed by atoms with Crippen molar-refractivity contribution in [3.8, 4) is 11.3 Å². The molecule has 0 bridgehead atoms. The number of esters is 1. The number of hydrogen-bond acceptors (Lipinski definition) is 7. The van der Waals surface area contributed by atoms with Gasteiger partial charge in [0.2, 0.25) is 0 Å². The number of imidazole rings is 1. The van der Waals surface area contributed by atoms with E-state index in [1.807, 2.05) is 47.0 Å². The maximum atomic E-state index is 11.8. The van der Waals surface area contributed by atoms with E-state index in [4.69, 9.17) is 36.1 Å². The Morgan fingerprint density at radius 2 is 1.82 bits per heavy atom. The first-order chi connectivity index (χ1) is 19.6. The van der Waals surface area contributed by atoms with Crippen molar-refractivity contribution in [3.05, 3.63) is 88.8 Å². The molecule has 0 radical (unpaired) electrons. The lowest BCUT2D eigenvalue weighted by Crippen LogP contribution is -2.36. The maximum absolute atomic E-state index is 11.8. The van der Waals surface area contributed by atoms with Crippen molar-refractivity contribution in [1.82, 2.24) is 19.6 Å². The van der Waals surface area contributed by atoms with Crippen LogP contribution in [-0.2, 0) is 20.7 Å². The van der Waals surface area contributed by atoms with Crippen LogP contribution in [0.1, 0.15) is 35.2 Å². The highest BCUT2D eigenvalue weighted by Gasteiger charge is 2.44. The van der Waals surface area contributed by atoms with E-state index in [2.05, 4.69) is 29.2 Å². The zero-order valence-electron chi connectivity index (χ0n) is 22.1. The summed E-state index contributed by atoms with van der Waals surface area (Å²) in [6, 6.07) is 22.3. The third-order valence-corrected chi connectivity index (χ3v) is 8.04. The van der Waals surface area contributed by atoms with Gasteiger partial charge in [0, 0.05) is 47.6 Å². The van der Waals surface area contributed by atoms with Crippen molar-refractivity contribution in [2.24, 2.45) is 0 Å². The van der Waals surface area contributed by atoms with Crippen molar-refractivity contribution in [2.75, 3.05) is 38.3 Å². The number of ether oxygens (including phenoxy) is 2. The molecular formula is C31H28ClN5O3. The number of nitrogens with zero attached hydrogens (tertiary/aromatic N) is 5. The molecule has 3 aromatic heterocycles. The number of methoxy groups -OCH3 is 1. The van der Waals surface area contributed by atoms with E-state index >= 15 is 0 Å².